The molecule has 1 saturated heterocycles. The van der Waals surface area contributed by atoms with Crippen molar-refractivity contribution in [3.8, 4) is 5.75 Å². The van der Waals surface area contributed by atoms with Crippen molar-refractivity contribution in [2.24, 2.45) is 0 Å². The van der Waals surface area contributed by atoms with Crippen molar-refractivity contribution in [2.45, 2.75) is 13.1 Å². The van der Waals surface area contributed by atoms with Gasteiger partial charge < -0.3 is 9.64 Å². The van der Waals surface area contributed by atoms with Crippen molar-refractivity contribution in [3.05, 3.63) is 47.8 Å². The van der Waals surface area contributed by atoms with Crippen LogP contribution in [0, 0.1) is 6.92 Å². The lowest BCUT2D eigenvalue weighted by Gasteiger charge is -2.34. The van der Waals surface area contributed by atoms with Crippen LogP contribution in [-0.2, 0) is 6.18 Å². The molecule has 0 radical (unpaired) electrons. The van der Waals surface area contributed by atoms with E-state index in [0.29, 0.717) is 25.4 Å². The Balaban J connectivity index is 1.51. The monoisotopic (exact) mass is 366 g/mol. The summed E-state index contributed by atoms with van der Waals surface area (Å²) in [5.41, 5.74) is -0.570. The maximum absolute atomic E-state index is 12.9. The number of nitrogens with zero attached hydrogens (tertiary/aromatic N) is 4. The van der Waals surface area contributed by atoms with E-state index in [1.54, 1.807) is 11.8 Å². The van der Waals surface area contributed by atoms with E-state index in [1.165, 1.54) is 0 Å². The molecule has 8 heteroatoms. The van der Waals surface area contributed by atoms with Gasteiger partial charge in [0.2, 0.25) is 5.95 Å². The normalized spacial score (nSPS) is 15.9. The molecule has 1 fully saturated rings. The van der Waals surface area contributed by atoms with E-state index in [4.69, 9.17) is 4.74 Å². The van der Waals surface area contributed by atoms with Gasteiger partial charge in [0, 0.05) is 38.4 Å². The maximum Gasteiger partial charge on any atom is 0.433 e. The predicted molar refractivity (Wildman–Crippen MR) is 92.4 cm³/mol. The van der Waals surface area contributed by atoms with Gasteiger partial charge in [-0.15, -0.1) is 0 Å². The van der Waals surface area contributed by atoms with Gasteiger partial charge in [-0.05, 0) is 25.1 Å². The zero-order chi connectivity index (χ0) is 18.6. The number of rotatable bonds is 5. The van der Waals surface area contributed by atoms with E-state index in [2.05, 4.69) is 14.9 Å². The SMILES string of the molecule is Cc1cc(C(F)(F)F)nc(N2CCN(CCOc3ccccc3)CC2)n1. The average Bonchev–Trinajstić information content (AvgIpc) is 2.62. The van der Waals surface area contributed by atoms with Gasteiger partial charge in [0.25, 0.3) is 0 Å². The van der Waals surface area contributed by atoms with Crippen molar-refractivity contribution in [1.29, 1.82) is 0 Å². The minimum Gasteiger partial charge on any atom is -0.492 e. The van der Waals surface area contributed by atoms with E-state index in [9.17, 15) is 13.2 Å². The number of halogens is 3. The molecule has 0 spiro atoms. The molecular weight excluding hydrogens is 345 g/mol. The molecule has 0 amide bonds. The highest BCUT2D eigenvalue weighted by molar-refractivity contribution is 5.34. The number of hydrogen-bond donors (Lipinski definition) is 0. The number of piperazine rings is 1. The van der Waals surface area contributed by atoms with E-state index in [-0.39, 0.29) is 5.95 Å². The van der Waals surface area contributed by atoms with Crippen LogP contribution in [0.5, 0.6) is 5.75 Å². The fourth-order valence-electron chi connectivity index (χ4n) is 2.82. The molecule has 0 unspecified atom stereocenters. The molecule has 140 valence electrons. The van der Waals surface area contributed by atoms with Gasteiger partial charge in [0.05, 0.1) is 0 Å². The van der Waals surface area contributed by atoms with Crippen LogP contribution in [0.3, 0.4) is 0 Å². The summed E-state index contributed by atoms with van der Waals surface area (Å²) in [5, 5.41) is 0. The molecule has 2 aromatic rings. The van der Waals surface area contributed by atoms with Gasteiger partial charge in [-0.3, -0.25) is 4.90 Å². The first-order valence-corrected chi connectivity index (χ1v) is 8.50. The third-order valence-electron chi connectivity index (χ3n) is 4.21. The highest BCUT2D eigenvalue weighted by Crippen LogP contribution is 2.29. The Kier molecular flexibility index (Phi) is 5.61. The van der Waals surface area contributed by atoms with Crippen molar-refractivity contribution in [2.75, 3.05) is 44.2 Å². The number of hydrogen-bond acceptors (Lipinski definition) is 5. The average molecular weight is 366 g/mol. The van der Waals surface area contributed by atoms with Crippen LogP contribution < -0.4 is 9.64 Å². The highest BCUT2D eigenvalue weighted by Gasteiger charge is 2.34. The minimum atomic E-state index is -4.46. The van der Waals surface area contributed by atoms with Gasteiger partial charge in [0.15, 0.2) is 0 Å². The number of aryl methyl sites for hydroxylation is 1. The number of aromatic nitrogens is 2. The molecule has 0 bridgehead atoms. The highest BCUT2D eigenvalue weighted by atomic mass is 19.4. The number of alkyl halides is 3. The summed E-state index contributed by atoms with van der Waals surface area (Å²) in [6, 6.07) is 10.6. The lowest BCUT2D eigenvalue weighted by molar-refractivity contribution is -0.141. The molecule has 3 rings (SSSR count). The van der Waals surface area contributed by atoms with Crippen LogP contribution in [0.2, 0.25) is 0 Å². The van der Waals surface area contributed by atoms with Gasteiger partial charge in [0.1, 0.15) is 18.1 Å². The van der Waals surface area contributed by atoms with E-state index in [0.717, 1.165) is 31.5 Å². The predicted octanol–water partition coefficient (Wildman–Crippen LogP) is 3.00. The quantitative estimate of drug-likeness (QED) is 0.814. The number of para-hydroxylation sites is 1. The van der Waals surface area contributed by atoms with Crippen LogP contribution in [0.25, 0.3) is 0 Å². The van der Waals surface area contributed by atoms with Crippen molar-refractivity contribution >= 4 is 5.95 Å². The maximum atomic E-state index is 12.9. The topological polar surface area (TPSA) is 41.5 Å². The second-order valence-electron chi connectivity index (χ2n) is 6.18. The van der Waals surface area contributed by atoms with Crippen LogP contribution in [0.4, 0.5) is 19.1 Å². The first-order chi connectivity index (χ1) is 12.4. The van der Waals surface area contributed by atoms with Gasteiger partial charge in [-0.2, -0.15) is 13.2 Å². The summed E-state index contributed by atoms with van der Waals surface area (Å²) >= 11 is 0. The molecule has 1 aliphatic rings. The van der Waals surface area contributed by atoms with Crippen LogP contribution in [0.1, 0.15) is 11.4 Å². The second kappa shape index (κ2) is 7.90. The van der Waals surface area contributed by atoms with E-state index in [1.807, 2.05) is 30.3 Å². The molecule has 5 nitrogen and oxygen atoms in total. The molecule has 1 aliphatic heterocycles. The fourth-order valence-corrected chi connectivity index (χ4v) is 2.82. The van der Waals surface area contributed by atoms with Crippen LogP contribution in [-0.4, -0.2) is 54.2 Å². The number of ether oxygens (including phenoxy) is 1. The lowest BCUT2D eigenvalue weighted by Crippen LogP contribution is -2.48. The van der Waals surface area contributed by atoms with Gasteiger partial charge >= 0.3 is 6.18 Å². The Bertz CT molecular complexity index is 716. The summed E-state index contributed by atoms with van der Waals surface area (Å²) in [6.45, 7) is 5.54. The Morgan fingerprint density at radius 3 is 2.38 bits per heavy atom. The van der Waals surface area contributed by atoms with Crippen molar-refractivity contribution < 1.29 is 17.9 Å². The van der Waals surface area contributed by atoms with Crippen LogP contribution >= 0.6 is 0 Å². The molecule has 0 aliphatic carbocycles. The minimum absolute atomic E-state index is 0.150. The van der Waals surface area contributed by atoms with E-state index >= 15 is 0 Å². The Hall–Kier alpha value is -2.35. The number of anilines is 1. The van der Waals surface area contributed by atoms with Crippen LogP contribution in [0.15, 0.2) is 36.4 Å². The van der Waals surface area contributed by atoms with E-state index < -0.39 is 11.9 Å². The van der Waals surface area contributed by atoms with Crippen molar-refractivity contribution in [3.63, 3.8) is 0 Å². The Labute approximate surface area is 150 Å². The summed E-state index contributed by atoms with van der Waals surface area (Å²) in [6.07, 6.45) is -4.46. The molecule has 1 aromatic carbocycles. The molecule has 1 aromatic heterocycles. The zero-order valence-corrected chi connectivity index (χ0v) is 14.5. The summed E-state index contributed by atoms with van der Waals surface area (Å²) in [4.78, 5) is 11.9. The van der Waals surface area contributed by atoms with Gasteiger partial charge in [-0.25, -0.2) is 9.97 Å². The smallest absolute Gasteiger partial charge is 0.433 e. The first kappa shape index (κ1) is 18.4. The third-order valence-corrected chi connectivity index (χ3v) is 4.21. The molecule has 2 heterocycles. The van der Waals surface area contributed by atoms with Crippen molar-refractivity contribution in [1.82, 2.24) is 14.9 Å². The third kappa shape index (κ3) is 4.85. The largest absolute Gasteiger partial charge is 0.492 e. The molecule has 0 atom stereocenters. The summed E-state index contributed by atoms with van der Waals surface area (Å²) in [7, 11) is 0. The standard InChI is InChI=1S/C18H21F3N4O/c1-14-13-16(18(19,20)21)23-17(22-14)25-9-7-24(8-10-25)11-12-26-15-5-3-2-4-6-15/h2-6,13H,7-12H2,1H3. The Morgan fingerprint density at radius 2 is 1.73 bits per heavy atom. The summed E-state index contributed by atoms with van der Waals surface area (Å²) < 4.78 is 44.5. The van der Waals surface area contributed by atoms with Gasteiger partial charge in [-0.1, -0.05) is 18.2 Å². The molecule has 0 saturated carbocycles. The first-order valence-electron chi connectivity index (χ1n) is 8.50. The summed E-state index contributed by atoms with van der Waals surface area (Å²) in [5.74, 6) is 0.983. The second-order valence-corrected chi connectivity index (χ2v) is 6.18. The Morgan fingerprint density at radius 1 is 1.04 bits per heavy atom. The molecule has 0 N–H and O–H groups in total. The lowest BCUT2D eigenvalue weighted by atomic mass is 10.3. The number of benzene rings is 1. The zero-order valence-electron chi connectivity index (χ0n) is 14.5. The fraction of sp³-hybridized carbons (Fsp3) is 0.444. The molecule has 26 heavy (non-hydrogen) atoms. The molecular formula is C18H21F3N4O.